The predicted octanol–water partition coefficient (Wildman–Crippen LogP) is 4.20. The molecule has 0 fully saturated rings. The first kappa shape index (κ1) is 23.5. The SMILES string of the molecule is COc1cccc(-c2nn(Cc3ccccc3)cc2C(=O)Nc2nc(C)c(SCC(N)=O)s2)c1. The number of carbonyl (C=O) groups is 2. The van der Waals surface area contributed by atoms with E-state index in [2.05, 4.69) is 10.3 Å². The van der Waals surface area contributed by atoms with Crippen molar-refractivity contribution in [1.82, 2.24) is 14.8 Å². The molecule has 0 aliphatic heterocycles. The lowest BCUT2D eigenvalue weighted by Gasteiger charge is -2.05. The number of amides is 2. The first-order valence-electron chi connectivity index (χ1n) is 10.4. The van der Waals surface area contributed by atoms with Crippen molar-refractivity contribution in [3.05, 3.63) is 77.6 Å². The average molecular weight is 494 g/mol. The number of carbonyl (C=O) groups excluding carboxylic acids is 2. The van der Waals surface area contributed by atoms with Gasteiger partial charge in [-0.05, 0) is 24.6 Å². The molecule has 174 valence electrons. The van der Waals surface area contributed by atoms with Crippen molar-refractivity contribution in [2.75, 3.05) is 18.2 Å². The summed E-state index contributed by atoms with van der Waals surface area (Å²) in [5.41, 5.74) is 8.78. The second-order valence-corrected chi connectivity index (χ2v) is 9.65. The zero-order chi connectivity index (χ0) is 24.1. The van der Waals surface area contributed by atoms with E-state index in [4.69, 9.17) is 15.6 Å². The van der Waals surface area contributed by atoms with Crippen molar-refractivity contribution >= 4 is 40.0 Å². The summed E-state index contributed by atoms with van der Waals surface area (Å²) in [5, 5.41) is 8.04. The second kappa shape index (κ2) is 10.5. The molecular weight excluding hydrogens is 470 g/mol. The van der Waals surface area contributed by atoms with E-state index in [1.54, 1.807) is 18.0 Å². The molecule has 0 bridgehead atoms. The summed E-state index contributed by atoms with van der Waals surface area (Å²) in [6, 6.07) is 17.3. The molecule has 2 aromatic heterocycles. The number of nitrogens with zero attached hydrogens (tertiary/aromatic N) is 3. The standard InChI is InChI=1S/C24H23N5O3S2/c1-15-23(33-14-20(25)30)34-24(26-15)27-22(31)19-13-29(12-16-7-4-3-5-8-16)28-21(19)17-9-6-10-18(11-17)32-2/h3-11,13H,12,14H2,1-2H3,(H2,25,30)(H,26,27,31). The van der Waals surface area contributed by atoms with E-state index in [1.165, 1.54) is 23.1 Å². The maximum Gasteiger partial charge on any atom is 0.261 e. The van der Waals surface area contributed by atoms with E-state index in [-0.39, 0.29) is 11.7 Å². The van der Waals surface area contributed by atoms with Crippen LogP contribution in [0.3, 0.4) is 0 Å². The van der Waals surface area contributed by atoms with Crippen LogP contribution in [0.4, 0.5) is 5.13 Å². The minimum atomic E-state index is -0.405. The molecule has 4 aromatic rings. The van der Waals surface area contributed by atoms with Gasteiger partial charge < -0.3 is 10.5 Å². The zero-order valence-electron chi connectivity index (χ0n) is 18.6. The third-order valence-electron chi connectivity index (χ3n) is 4.86. The van der Waals surface area contributed by atoms with Gasteiger partial charge >= 0.3 is 0 Å². The first-order chi connectivity index (χ1) is 16.4. The lowest BCUT2D eigenvalue weighted by molar-refractivity contribution is -0.115. The molecule has 0 atom stereocenters. The number of aromatic nitrogens is 3. The van der Waals surface area contributed by atoms with E-state index in [0.29, 0.717) is 28.7 Å². The van der Waals surface area contributed by atoms with Gasteiger partial charge in [-0.3, -0.25) is 19.6 Å². The molecule has 0 saturated heterocycles. The Morgan fingerprint density at radius 3 is 2.71 bits per heavy atom. The molecule has 2 amide bonds. The second-order valence-electron chi connectivity index (χ2n) is 7.41. The fourth-order valence-electron chi connectivity index (χ4n) is 3.29. The minimum Gasteiger partial charge on any atom is -0.497 e. The van der Waals surface area contributed by atoms with E-state index in [1.807, 2.05) is 61.5 Å². The number of methoxy groups -OCH3 is 1. The number of nitrogens with two attached hydrogens (primary N) is 1. The number of nitrogens with one attached hydrogen (secondary N) is 1. The molecule has 3 N–H and O–H groups in total. The third kappa shape index (κ3) is 5.64. The Hall–Kier alpha value is -3.63. The zero-order valence-corrected chi connectivity index (χ0v) is 20.3. The normalized spacial score (nSPS) is 10.8. The van der Waals surface area contributed by atoms with Crippen molar-refractivity contribution in [3.8, 4) is 17.0 Å². The summed E-state index contributed by atoms with van der Waals surface area (Å²) in [5.74, 6) is 0.102. The van der Waals surface area contributed by atoms with E-state index in [0.717, 1.165) is 21.0 Å². The number of thioether (sulfide) groups is 1. The molecule has 8 nitrogen and oxygen atoms in total. The summed E-state index contributed by atoms with van der Waals surface area (Å²) in [7, 11) is 1.60. The lowest BCUT2D eigenvalue weighted by Crippen LogP contribution is -2.12. The van der Waals surface area contributed by atoms with Crippen LogP contribution in [0.5, 0.6) is 5.75 Å². The summed E-state index contributed by atoms with van der Waals surface area (Å²) in [6.45, 7) is 2.35. The molecule has 0 aliphatic rings. The number of anilines is 1. The molecule has 0 radical (unpaired) electrons. The smallest absolute Gasteiger partial charge is 0.261 e. The topological polar surface area (TPSA) is 112 Å². The highest BCUT2D eigenvalue weighted by atomic mass is 32.2. The average Bonchev–Trinajstić information content (AvgIpc) is 3.41. The predicted molar refractivity (Wildman–Crippen MR) is 134 cm³/mol. The Kier molecular flexibility index (Phi) is 7.29. The molecular formula is C24H23N5O3S2. The summed E-state index contributed by atoms with van der Waals surface area (Å²) < 4.78 is 7.94. The van der Waals surface area contributed by atoms with Crippen molar-refractivity contribution in [3.63, 3.8) is 0 Å². The van der Waals surface area contributed by atoms with Crippen molar-refractivity contribution in [2.24, 2.45) is 5.73 Å². The Labute approximate surface area is 205 Å². The van der Waals surface area contributed by atoms with E-state index < -0.39 is 5.91 Å². The Balaban J connectivity index is 1.64. The third-order valence-corrected chi connectivity index (χ3v) is 7.31. The highest BCUT2D eigenvalue weighted by Crippen LogP contribution is 2.33. The monoisotopic (exact) mass is 493 g/mol. The number of hydrogen-bond acceptors (Lipinski definition) is 7. The molecule has 0 unspecified atom stereocenters. The number of rotatable bonds is 9. The molecule has 0 aliphatic carbocycles. The Morgan fingerprint density at radius 1 is 1.18 bits per heavy atom. The van der Waals surface area contributed by atoms with Crippen LogP contribution in [0.15, 0.2) is 65.0 Å². The number of hydrogen-bond donors (Lipinski definition) is 2. The highest BCUT2D eigenvalue weighted by Gasteiger charge is 2.21. The molecule has 2 aromatic carbocycles. The maximum atomic E-state index is 13.3. The molecule has 34 heavy (non-hydrogen) atoms. The van der Waals surface area contributed by atoms with Gasteiger partial charge in [-0.15, -0.1) is 11.8 Å². The van der Waals surface area contributed by atoms with E-state index in [9.17, 15) is 9.59 Å². The van der Waals surface area contributed by atoms with Crippen LogP contribution < -0.4 is 15.8 Å². The highest BCUT2D eigenvalue weighted by molar-refractivity contribution is 8.01. The van der Waals surface area contributed by atoms with Crippen LogP contribution in [0.2, 0.25) is 0 Å². The summed E-state index contributed by atoms with van der Waals surface area (Å²) >= 11 is 2.61. The maximum absolute atomic E-state index is 13.3. The minimum absolute atomic E-state index is 0.155. The number of aryl methyl sites for hydroxylation is 1. The van der Waals surface area contributed by atoms with Crippen LogP contribution >= 0.6 is 23.1 Å². The van der Waals surface area contributed by atoms with Crippen LogP contribution in [0, 0.1) is 6.92 Å². The van der Waals surface area contributed by atoms with Crippen LogP contribution in [-0.2, 0) is 11.3 Å². The summed E-state index contributed by atoms with van der Waals surface area (Å²) in [6.07, 6.45) is 1.74. The van der Waals surface area contributed by atoms with Gasteiger partial charge in [0.15, 0.2) is 5.13 Å². The van der Waals surface area contributed by atoms with Gasteiger partial charge in [-0.25, -0.2) is 4.98 Å². The molecule has 2 heterocycles. The number of benzene rings is 2. The van der Waals surface area contributed by atoms with Crippen molar-refractivity contribution in [2.45, 2.75) is 17.7 Å². The van der Waals surface area contributed by atoms with Crippen molar-refractivity contribution < 1.29 is 14.3 Å². The van der Waals surface area contributed by atoms with Gasteiger partial charge in [-0.2, -0.15) is 5.10 Å². The lowest BCUT2D eigenvalue weighted by atomic mass is 10.1. The summed E-state index contributed by atoms with van der Waals surface area (Å²) in [4.78, 5) is 28.8. The van der Waals surface area contributed by atoms with Crippen LogP contribution in [0.1, 0.15) is 21.6 Å². The van der Waals surface area contributed by atoms with Crippen molar-refractivity contribution in [1.29, 1.82) is 0 Å². The van der Waals surface area contributed by atoms with Gasteiger partial charge in [0.1, 0.15) is 11.4 Å². The van der Waals surface area contributed by atoms with Gasteiger partial charge in [-0.1, -0.05) is 53.8 Å². The van der Waals surface area contributed by atoms with Gasteiger partial charge in [0.2, 0.25) is 5.91 Å². The first-order valence-corrected chi connectivity index (χ1v) is 12.2. The van der Waals surface area contributed by atoms with E-state index >= 15 is 0 Å². The Bertz CT molecular complexity index is 1320. The van der Waals surface area contributed by atoms with Gasteiger partial charge in [0.25, 0.3) is 5.91 Å². The molecule has 0 saturated carbocycles. The van der Waals surface area contributed by atoms with Gasteiger partial charge in [0.05, 0.1) is 34.9 Å². The Morgan fingerprint density at radius 2 is 1.97 bits per heavy atom. The number of ether oxygens (including phenoxy) is 1. The van der Waals surface area contributed by atoms with Crippen LogP contribution in [0.25, 0.3) is 11.3 Å². The molecule has 4 rings (SSSR count). The largest absolute Gasteiger partial charge is 0.497 e. The van der Waals surface area contributed by atoms with Crippen LogP contribution in [-0.4, -0.2) is 39.4 Å². The quantitative estimate of drug-likeness (QED) is 0.338. The molecule has 0 spiro atoms. The fraction of sp³-hybridized carbons (Fsp3) is 0.167. The number of primary amides is 1. The molecule has 10 heteroatoms. The fourth-order valence-corrected chi connectivity index (χ4v) is 5.17. The number of thiazole rings is 1. The van der Waals surface area contributed by atoms with Gasteiger partial charge in [0, 0.05) is 11.8 Å².